The minimum atomic E-state index is -4.77. The van der Waals surface area contributed by atoms with Gasteiger partial charge in [-0.1, -0.05) is 6.07 Å². The van der Waals surface area contributed by atoms with Crippen LogP contribution in [0.5, 0.6) is 5.75 Å². The number of carbonyl (C=O) groups is 1. The minimum absolute atomic E-state index is 0.117. The summed E-state index contributed by atoms with van der Waals surface area (Å²) in [6.45, 7) is 0.315. The van der Waals surface area contributed by atoms with Crippen LogP contribution in [0.4, 0.5) is 13.2 Å². The van der Waals surface area contributed by atoms with E-state index < -0.39 is 18.0 Å². The van der Waals surface area contributed by atoms with Crippen molar-refractivity contribution in [3.63, 3.8) is 0 Å². The fourth-order valence-corrected chi connectivity index (χ4v) is 1.95. The van der Waals surface area contributed by atoms with Crippen molar-refractivity contribution in [3.8, 4) is 5.75 Å². The molecule has 7 heteroatoms. The van der Waals surface area contributed by atoms with Gasteiger partial charge in [-0.3, -0.25) is 4.79 Å². The van der Waals surface area contributed by atoms with E-state index in [-0.39, 0.29) is 11.6 Å². The zero-order valence-corrected chi connectivity index (χ0v) is 10.6. The zero-order valence-electron chi connectivity index (χ0n) is 10.6. The van der Waals surface area contributed by atoms with E-state index in [1.165, 1.54) is 12.1 Å². The molecule has 2 rings (SSSR count). The van der Waals surface area contributed by atoms with Crippen LogP contribution in [0.2, 0.25) is 0 Å². The molecule has 0 radical (unpaired) electrons. The monoisotopic (exact) mass is 288 g/mol. The van der Waals surface area contributed by atoms with Gasteiger partial charge in [-0.25, -0.2) is 0 Å². The fraction of sp³-hybridized carbons (Fsp3) is 0.462. The molecule has 1 fully saturated rings. The molecule has 0 saturated heterocycles. The Morgan fingerprint density at radius 2 is 2.15 bits per heavy atom. The van der Waals surface area contributed by atoms with E-state index >= 15 is 0 Å². The van der Waals surface area contributed by atoms with Crippen molar-refractivity contribution in [3.05, 3.63) is 29.8 Å². The lowest BCUT2D eigenvalue weighted by Gasteiger charge is -2.16. The average Bonchev–Trinajstić information content (AvgIpc) is 3.18. The fourth-order valence-electron chi connectivity index (χ4n) is 1.95. The van der Waals surface area contributed by atoms with E-state index in [4.69, 9.17) is 5.73 Å². The van der Waals surface area contributed by atoms with Gasteiger partial charge in [0.15, 0.2) is 0 Å². The Morgan fingerprint density at radius 1 is 1.45 bits per heavy atom. The van der Waals surface area contributed by atoms with Gasteiger partial charge in [0.2, 0.25) is 0 Å². The number of amides is 1. The smallest absolute Gasteiger partial charge is 0.406 e. The zero-order chi connectivity index (χ0) is 14.8. The lowest BCUT2D eigenvalue weighted by molar-refractivity contribution is -0.274. The molecule has 1 aromatic rings. The maximum atomic E-state index is 12.1. The van der Waals surface area contributed by atoms with Gasteiger partial charge in [-0.15, -0.1) is 13.2 Å². The summed E-state index contributed by atoms with van der Waals surface area (Å²) in [5, 5.41) is 2.73. The Bertz CT molecular complexity index is 487. The van der Waals surface area contributed by atoms with Crippen LogP contribution in [0.3, 0.4) is 0 Å². The number of hydrogen-bond acceptors (Lipinski definition) is 3. The van der Waals surface area contributed by atoms with Crippen molar-refractivity contribution in [2.75, 3.05) is 6.54 Å². The molecule has 0 aromatic heterocycles. The van der Waals surface area contributed by atoms with Crippen LogP contribution in [0.25, 0.3) is 0 Å². The summed E-state index contributed by atoms with van der Waals surface area (Å²) in [4.78, 5) is 12.0. The Labute approximate surface area is 114 Å². The van der Waals surface area contributed by atoms with Crippen molar-refractivity contribution < 1.29 is 22.7 Å². The first-order valence-electron chi connectivity index (χ1n) is 6.26. The maximum Gasteiger partial charge on any atom is 0.573 e. The van der Waals surface area contributed by atoms with Crippen LogP contribution in [-0.4, -0.2) is 24.9 Å². The third-order valence-corrected chi connectivity index (χ3v) is 3.09. The number of halogens is 3. The number of rotatable bonds is 5. The normalized spacial score (nSPS) is 16.6. The number of hydrogen-bond donors (Lipinski definition) is 2. The van der Waals surface area contributed by atoms with Gasteiger partial charge in [-0.05, 0) is 37.0 Å². The predicted molar refractivity (Wildman–Crippen MR) is 66.2 cm³/mol. The maximum absolute atomic E-state index is 12.1. The largest absolute Gasteiger partial charge is 0.573 e. The molecule has 0 heterocycles. The Hall–Kier alpha value is -1.76. The molecular weight excluding hydrogens is 273 g/mol. The highest BCUT2D eigenvalue weighted by atomic mass is 19.4. The highest BCUT2D eigenvalue weighted by Crippen LogP contribution is 2.32. The number of nitrogens with two attached hydrogens (primary N) is 1. The second-order valence-corrected chi connectivity index (χ2v) is 4.73. The SMILES string of the molecule is NCC(NC(=O)c1cccc(OC(F)(F)F)c1)C1CC1. The lowest BCUT2D eigenvalue weighted by atomic mass is 10.1. The second-order valence-electron chi connectivity index (χ2n) is 4.73. The first-order chi connectivity index (χ1) is 9.39. The molecule has 1 aromatic carbocycles. The number of alkyl halides is 3. The van der Waals surface area contributed by atoms with Gasteiger partial charge in [0, 0.05) is 18.2 Å². The van der Waals surface area contributed by atoms with Crippen molar-refractivity contribution in [2.45, 2.75) is 25.2 Å². The first kappa shape index (κ1) is 14.6. The minimum Gasteiger partial charge on any atom is -0.406 e. The first-order valence-corrected chi connectivity index (χ1v) is 6.26. The van der Waals surface area contributed by atoms with Crippen molar-refractivity contribution in [1.29, 1.82) is 0 Å². The van der Waals surface area contributed by atoms with Gasteiger partial charge in [0.1, 0.15) is 5.75 Å². The predicted octanol–water partition coefficient (Wildman–Crippen LogP) is 2.05. The molecule has 1 unspecified atom stereocenters. The number of nitrogens with one attached hydrogen (secondary N) is 1. The highest BCUT2D eigenvalue weighted by molar-refractivity contribution is 5.94. The summed E-state index contributed by atoms with van der Waals surface area (Å²) in [7, 11) is 0. The standard InChI is InChI=1S/C13H15F3N2O2/c14-13(15,16)20-10-3-1-2-9(6-10)12(19)18-11(7-17)8-4-5-8/h1-3,6,8,11H,4-5,7,17H2,(H,18,19). The van der Waals surface area contributed by atoms with Crippen molar-refractivity contribution >= 4 is 5.91 Å². The Balaban J connectivity index is 2.04. The van der Waals surface area contributed by atoms with Gasteiger partial charge in [-0.2, -0.15) is 0 Å². The van der Waals surface area contributed by atoms with Crippen LogP contribution >= 0.6 is 0 Å². The highest BCUT2D eigenvalue weighted by Gasteiger charge is 2.32. The molecular formula is C13H15F3N2O2. The summed E-state index contributed by atoms with van der Waals surface area (Å²) in [5.41, 5.74) is 5.68. The van der Waals surface area contributed by atoms with E-state index in [0.717, 1.165) is 25.0 Å². The number of benzene rings is 1. The topological polar surface area (TPSA) is 64.3 Å². The van der Waals surface area contributed by atoms with Gasteiger partial charge in [0.25, 0.3) is 5.91 Å². The summed E-state index contributed by atoms with van der Waals surface area (Å²) >= 11 is 0. The molecule has 4 nitrogen and oxygen atoms in total. The van der Waals surface area contributed by atoms with Crippen LogP contribution in [0.1, 0.15) is 23.2 Å². The van der Waals surface area contributed by atoms with Crippen LogP contribution in [0.15, 0.2) is 24.3 Å². The summed E-state index contributed by atoms with van der Waals surface area (Å²) < 4.78 is 40.1. The summed E-state index contributed by atoms with van der Waals surface area (Å²) in [6.07, 6.45) is -2.75. The summed E-state index contributed by atoms with van der Waals surface area (Å²) in [6, 6.07) is 4.84. The van der Waals surface area contributed by atoms with Crippen LogP contribution in [-0.2, 0) is 0 Å². The molecule has 110 valence electrons. The van der Waals surface area contributed by atoms with Crippen LogP contribution in [0, 0.1) is 5.92 Å². The quantitative estimate of drug-likeness (QED) is 0.871. The molecule has 1 aliphatic carbocycles. The van der Waals surface area contributed by atoms with E-state index in [9.17, 15) is 18.0 Å². The Morgan fingerprint density at radius 3 is 2.70 bits per heavy atom. The molecule has 20 heavy (non-hydrogen) atoms. The molecule has 0 bridgehead atoms. The second kappa shape index (κ2) is 5.70. The molecule has 0 aliphatic heterocycles. The van der Waals surface area contributed by atoms with Crippen molar-refractivity contribution in [1.82, 2.24) is 5.32 Å². The third-order valence-electron chi connectivity index (χ3n) is 3.09. The number of ether oxygens (including phenoxy) is 1. The van der Waals surface area contributed by atoms with E-state index in [0.29, 0.717) is 12.5 Å². The molecule has 1 aliphatic rings. The van der Waals surface area contributed by atoms with E-state index in [2.05, 4.69) is 10.1 Å². The van der Waals surface area contributed by atoms with E-state index in [1.807, 2.05) is 0 Å². The van der Waals surface area contributed by atoms with Crippen LogP contribution < -0.4 is 15.8 Å². The average molecular weight is 288 g/mol. The molecule has 1 amide bonds. The van der Waals surface area contributed by atoms with Gasteiger partial charge < -0.3 is 15.8 Å². The molecule has 1 saturated carbocycles. The Kier molecular flexibility index (Phi) is 4.17. The third kappa shape index (κ3) is 4.12. The number of carbonyl (C=O) groups excluding carboxylic acids is 1. The lowest BCUT2D eigenvalue weighted by Crippen LogP contribution is -2.41. The van der Waals surface area contributed by atoms with Crippen molar-refractivity contribution in [2.24, 2.45) is 11.7 Å². The van der Waals surface area contributed by atoms with Gasteiger partial charge >= 0.3 is 6.36 Å². The summed E-state index contributed by atoms with van der Waals surface area (Å²) in [5.74, 6) is -0.487. The molecule has 0 spiro atoms. The van der Waals surface area contributed by atoms with E-state index in [1.54, 1.807) is 0 Å². The molecule has 1 atom stereocenters. The molecule has 3 N–H and O–H groups in total. The van der Waals surface area contributed by atoms with Gasteiger partial charge in [0.05, 0.1) is 0 Å².